The maximum Gasteiger partial charge on any atom is 0.345 e. The van der Waals surface area contributed by atoms with E-state index in [1.54, 1.807) is 30.3 Å². The first-order chi connectivity index (χ1) is 9.20. The Kier molecular flexibility index (Phi) is 4.50. The quantitative estimate of drug-likeness (QED) is 0.614. The van der Waals surface area contributed by atoms with Crippen LogP contribution in [0, 0.1) is 5.92 Å². The summed E-state index contributed by atoms with van der Waals surface area (Å²) in [6.45, 7) is 3.64. The van der Waals surface area contributed by atoms with Gasteiger partial charge >= 0.3 is 11.9 Å². The standard InChI is InChI=1S/C16H18O3/c1-2-12-8-10-14(11-9-12)16(18)19-15(17)13-6-4-3-5-7-13/h2,8-11,13H,1,3-7H2. The highest BCUT2D eigenvalue weighted by Crippen LogP contribution is 2.25. The molecule has 1 fully saturated rings. The van der Waals surface area contributed by atoms with Crippen molar-refractivity contribution in [1.82, 2.24) is 0 Å². The van der Waals surface area contributed by atoms with E-state index >= 15 is 0 Å². The Bertz CT molecular complexity index is 467. The van der Waals surface area contributed by atoms with E-state index in [0.29, 0.717) is 5.56 Å². The molecule has 1 aromatic rings. The fourth-order valence-corrected chi connectivity index (χ4v) is 2.33. The van der Waals surface area contributed by atoms with Gasteiger partial charge in [0, 0.05) is 0 Å². The van der Waals surface area contributed by atoms with Gasteiger partial charge in [-0.25, -0.2) is 4.79 Å². The van der Waals surface area contributed by atoms with Crippen LogP contribution in [-0.2, 0) is 9.53 Å². The molecule has 1 aliphatic rings. The van der Waals surface area contributed by atoms with Crippen LogP contribution < -0.4 is 0 Å². The minimum Gasteiger partial charge on any atom is -0.389 e. The minimum absolute atomic E-state index is 0.106. The molecule has 0 saturated heterocycles. The molecule has 0 heterocycles. The zero-order valence-corrected chi connectivity index (χ0v) is 10.9. The number of hydrogen-bond donors (Lipinski definition) is 0. The first-order valence-corrected chi connectivity index (χ1v) is 6.69. The first kappa shape index (κ1) is 13.5. The van der Waals surface area contributed by atoms with Crippen LogP contribution in [0.15, 0.2) is 30.8 Å². The highest BCUT2D eigenvalue weighted by molar-refractivity contribution is 5.97. The Labute approximate surface area is 113 Å². The van der Waals surface area contributed by atoms with Crippen molar-refractivity contribution in [1.29, 1.82) is 0 Å². The molecular formula is C16H18O3. The summed E-state index contributed by atoms with van der Waals surface area (Å²) in [4.78, 5) is 23.7. The normalized spacial score (nSPS) is 15.8. The van der Waals surface area contributed by atoms with Crippen LogP contribution >= 0.6 is 0 Å². The van der Waals surface area contributed by atoms with Gasteiger partial charge in [-0.2, -0.15) is 0 Å². The molecule has 0 bridgehead atoms. The predicted molar refractivity (Wildman–Crippen MR) is 73.5 cm³/mol. The maximum atomic E-state index is 11.8. The van der Waals surface area contributed by atoms with E-state index in [1.165, 1.54) is 6.42 Å². The largest absolute Gasteiger partial charge is 0.389 e. The number of hydrogen-bond acceptors (Lipinski definition) is 3. The van der Waals surface area contributed by atoms with Gasteiger partial charge in [0.05, 0.1) is 11.5 Å². The molecule has 0 aromatic heterocycles. The second-order valence-electron chi connectivity index (χ2n) is 4.87. The molecular weight excluding hydrogens is 240 g/mol. The lowest BCUT2D eigenvalue weighted by molar-refractivity contribution is -0.143. The van der Waals surface area contributed by atoms with Crippen molar-refractivity contribution in [2.75, 3.05) is 0 Å². The summed E-state index contributed by atoms with van der Waals surface area (Å²) in [7, 11) is 0. The minimum atomic E-state index is -0.564. The summed E-state index contributed by atoms with van der Waals surface area (Å²) >= 11 is 0. The molecule has 3 nitrogen and oxygen atoms in total. The lowest BCUT2D eigenvalue weighted by Crippen LogP contribution is -2.23. The molecule has 1 aliphatic carbocycles. The molecule has 1 saturated carbocycles. The molecule has 0 spiro atoms. The number of rotatable bonds is 3. The van der Waals surface area contributed by atoms with Gasteiger partial charge in [-0.15, -0.1) is 0 Å². The first-order valence-electron chi connectivity index (χ1n) is 6.69. The summed E-state index contributed by atoms with van der Waals surface area (Å²) in [5, 5.41) is 0. The number of carbonyl (C=O) groups is 2. The van der Waals surface area contributed by atoms with Crippen LogP contribution in [0.1, 0.15) is 48.0 Å². The van der Waals surface area contributed by atoms with Gasteiger partial charge in [-0.05, 0) is 30.5 Å². The lowest BCUT2D eigenvalue weighted by atomic mass is 9.89. The highest BCUT2D eigenvalue weighted by atomic mass is 16.6. The number of ether oxygens (including phenoxy) is 1. The van der Waals surface area contributed by atoms with Gasteiger partial charge in [0.15, 0.2) is 0 Å². The average molecular weight is 258 g/mol. The van der Waals surface area contributed by atoms with E-state index < -0.39 is 5.97 Å². The molecule has 0 aliphatic heterocycles. The molecule has 0 N–H and O–H groups in total. The molecule has 0 atom stereocenters. The molecule has 2 rings (SSSR count). The van der Waals surface area contributed by atoms with Crippen LogP contribution in [0.25, 0.3) is 6.08 Å². The van der Waals surface area contributed by atoms with E-state index in [1.807, 2.05) is 0 Å². The van der Waals surface area contributed by atoms with E-state index in [4.69, 9.17) is 4.74 Å². The fourth-order valence-electron chi connectivity index (χ4n) is 2.33. The highest BCUT2D eigenvalue weighted by Gasteiger charge is 2.25. The summed E-state index contributed by atoms with van der Waals surface area (Å²) in [6.07, 6.45) is 6.62. The van der Waals surface area contributed by atoms with E-state index in [0.717, 1.165) is 31.2 Å². The molecule has 19 heavy (non-hydrogen) atoms. The third kappa shape index (κ3) is 3.53. The lowest BCUT2D eigenvalue weighted by Gasteiger charge is -2.19. The molecule has 100 valence electrons. The maximum absolute atomic E-state index is 11.8. The zero-order chi connectivity index (χ0) is 13.7. The SMILES string of the molecule is C=Cc1ccc(C(=O)OC(=O)C2CCCCC2)cc1. The molecule has 3 heteroatoms. The summed E-state index contributed by atoms with van der Waals surface area (Å²) < 4.78 is 4.95. The molecule has 0 amide bonds. The van der Waals surface area contributed by atoms with Crippen molar-refractivity contribution in [3.05, 3.63) is 42.0 Å². The molecule has 0 unspecified atom stereocenters. The van der Waals surface area contributed by atoms with Crippen molar-refractivity contribution in [3.63, 3.8) is 0 Å². The van der Waals surface area contributed by atoms with Crippen molar-refractivity contribution < 1.29 is 14.3 Å². The zero-order valence-electron chi connectivity index (χ0n) is 10.9. The number of benzene rings is 1. The smallest absolute Gasteiger partial charge is 0.345 e. The number of esters is 2. The average Bonchev–Trinajstić information content (AvgIpc) is 2.48. The van der Waals surface area contributed by atoms with Gasteiger partial charge in [-0.3, -0.25) is 4.79 Å². The fraction of sp³-hybridized carbons (Fsp3) is 0.375. The van der Waals surface area contributed by atoms with Gasteiger partial charge in [-0.1, -0.05) is 44.1 Å². The summed E-state index contributed by atoms with van der Waals surface area (Å²) in [6, 6.07) is 6.84. The van der Waals surface area contributed by atoms with E-state index in [9.17, 15) is 9.59 Å². The van der Waals surface area contributed by atoms with Gasteiger partial charge in [0.25, 0.3) is 0 Å². The third-order valence-corrected chi connectivity index (χ3v) is 3.51. The summed E-state index contributed by atoms with van der Waals surface area (Å²) in [5.74, 6) is -1.05. The topological polar surface area (TPSA) is 43.4 Å². The Balaban J connectivity index is 1.95. The van der Waals surface area contributed by atoms with E-state index in [-0.39, 0.29) is 11.9 Å². The van der Waals surface area contributed by atoms with Crippen molar-refractivity contribution in [3.8, 4) is 0 Å². The van der Waals surface area contributed by atoms with Crippen LogP contribution in [-0.4, -0.2) is 11.9 Å². The van der Waals surface area contributed by atoms with Crippen molar-refractivity contribution in [2.45, 2.75) is 32.1 Å². The monoisotopic (exact) mass is 258 g/mol. The van der Waals surface area contributed by atoms with Crippen molar-refractivity contribution in [2.24, 2.45) is 5.92 Å². The molecule has 0 radical (unpaired) electrons. The Morgan fingerprint density at radius 1 is 1.11 bits per heavy atom. The second kappa shape index (κ2) is 6.32. The Morgan fingerprint density at radius 3 is 2.32 bits per heavy atom. The van der Waals surface area contributed by atoms with Crippen LogP contribution in [0.5, 0.6) is 0 Å². The number of carbonyl (C=O) groups excluding carboxylic acids is 2. The molecule has 1 aromatic carbocycles. The van der Waals surface area contributed by atoms with Crippen LogP contribution in [0.4, 0.5) is 0 Å². The Morgan fingerprint density at radius 2 is 1.74 bits per heavy atom. The van der Waals surface area contributed by atoms with E-state index in [2.05, 4.69) is 6.58 Å². The van der Waals surface area contributed by atoms with Crippen LogP contribution in [0.2, 0.25) is 0 Å². The third-order valence-electron chi connectivity index (χ3n) is 3.51. The summed E-state index contributed by atoms with van der Waals surface area (Å²) in [5.41, 5.74) is 1.32. The van der Waals surface area contributed by atoms with Gasteiger partial charge in [0.1, 0.15) is 0 Å². The van der Waals surface area contributed by atoms with Crippen molar-refractivity contribution >= 4 is 18.0 Å². The second-order valence-corrected chi connectivity index (χ2v) is 4.87. The van der Waals surface area contributed by atoms with Gasteiger partial charge < -0.3 is 4.74 Å². The van der Waals surface area contributed by atoms with Gasteiger partial charge in [0.2, 0.25) is 0 Å². The predicted octanol–water partition coefficient (Wildman–Crippen LogP) is 3.59. The Hall–Kier alpha value is -1.90. The van der Waals surface area contributed by atoms with Crippen LogP contribution in [0.3, 0.4) is 0 Å².